The fourth-order valence-electron chi connectivity index (χ4n) is 1.89. The third-order valence-corrected chi connectivity index (χ3v) is 2.82. The second-order valence-corrected chi connectivity index (χ2v) is 3.96. The molecule has 2 N–H and O–H groups in total. The minimum absolute atomic E-state index is 0.108. The van der Waals surface area contributed by atoms with E-state index in [0.29, 0.717) is 0 Å². The van der Waals surface area contributed by atoms with Crippen molar-refractivity contribution in [1.82, 2.24) is 4.98 Å². The monoisotopic (exact) mass is 203 g/mol. The molecule has 0 spiro atoms. The van der Waals surface area contributed by atoms with E-state index in [0.717, 1.165) is 22.9 Å². The maximum absolute atomic E-state index is 9.17. The lowest BCUT2D eigenvalue weighted by molar-refractivity contribution is 0.283. The van der Waals surface area contributed by atoms with E-state index in [2.05, 4.69) is 30.1 Å². The van der Waals surface area contributed by atoms with Gasteiger partial charge >= 0.3 is 0 Å². The Morgan fingerprint density at radius 3 is 2.93 bits per heavy atom. The predicted molar refractivity (Wildman–Crippen MR) is 62.8 cm³/mol. The van der Waals surface area contributed by atoms with Crippen molar-refractivity contribution in [3.8, 4) is 0 Å². The van der Waals surface area contributed by atoms with Gasteiger partial charge in [0.2, 0.25) is 0 Å². The van der Waals surface area contributed by atoms with Gasteiger partial charge in [-0.1, -0.05) is 19.4 Å². The molecule has 0 atom stereocenters. The zero-order chi connectivity index (χ0) is 10.7. The van der Waals surface area contributed by atoms with Gasteiger partial charge in [-0.3, -0.25) is 0 Å². The molecular formula is C13H17NO. The highest BCUT2D eigenvalue weighted by Gasteiger charge is 2.03. The van der Waals surface area contributed by atoms with Crippen LogP contribution in [0.1, 0.15) is 30.9 Å². The Labute approximate surface area is 89.9 Å². The Balaban J connectivity index is 2.35. The Bertz CT molecular complexity index is 445. The summed E-state index contributed by atoms with van der Waals surface area (Å²) in [5, 5.41) is 10.3. The number of aromatic nitrogens is 1. The van der Waals surface area contributed by atoms with Crippen LogP contribution in [0, 0.1) is 0 Å². The molecule has 2 nitrogen and oxygen atoms in total. The van der Waals surface area contributed by atoms with Crippen LogP contribution in [0.3, 0.4) is 0 Å². The number of hydrogen-bond acceptors (Lipinski definition) is 1. The Hall–Kier alpha value is -1.28. The first-order chi connectivity index (χ1) is 7.35. The third kappa shape index (κ3) is 2.05. The highest BCUT2D eigenvalue weighted by atomic mass is 16.3. The van der Waals surface area contributed by atoms with Crippen LogP contribution in [0.15, 0.2) is 24.4 Å². The van der Waals surface area contributed by atoms with Gasteiger partial charge in [0.15, 0.2) is 0 Å². The second kappa shape index (κ2) is 4.49. The van der Waals surface area contributed by atoms with Crippen LogP contribution in [0.5, 0.6) is 0 Å². The highest BCUT2D eigenvalue weighted by molar-refractivity contribution is 5.83. The smallest absolute Gasteiger partial charge is 0.0702 e. The minimum atomic E-state index is 0.108. The van der Waals surface area contributed by atoms with Gasteiger partial charge in [-0.05, 0) is 30.5 Å². The van der Waals surface area contributed by atoms with Crippen molar-refractivity contribution < 1.29 is 5.11 Å². The van der Waals surface area contributed by atoms with Crippen molar-refractivity contribution in [2.45, 2.75) is 32.8 Å². The number of hydrogen-bond donors (Lipinski definition) is 2. The van der Waals surface area contributed by atoms with Crippen LogP contribution in [0.25, 0.3) is 10.9 Å². The summed E-state index contributed by atoms with van der Waals surface area (Å²) in [5.74, 6) is 0. The van der Waals surface area contributed by atoms with Gasteiger partial charge in [-0.15, -0.1) is 0 Å². The number of aliphatic hydroxyl groups is 1. The Morgan fingerprint density at radius 1 is 1.33 bits per heavy atom. The van der Waals surface area contributed by atoms with Crippen LogP contribution in [0.2, 0.25) is 0 Å². The zero-order valence-electron chi connectivity index (χ0n) is 9.09. The number of rotatable bonds is 4. The largest absolute Gasteiger partial charge is 0.392 e. The highest BCUT2D eigenvalue weighted by Crippen LogP contribution is 2.20. The third-order valence-electron chi connectivity index (χ3n) is 2.82. The SMILES string of the molecule is CCCCc1ccc2[nH]cc(CO)c2c1. The standard InChI is InChI=1S/C13H17NO/c1-2-3-4-10-5-6-13-12(7-10)11(9-15)8-14-13/h5-8,14-15H,2-4,9H2,1H3. The second-order valence-electron chi connectivity index (χ2n) is 3.96. The van der Waals surface area contributed by atoms with Crippen molar-refractivity contribution in [2.75, 3.05) is 0 Å². The fraction of sp³-hybridized carbons (Fsp3) is 0.385. The van der Waals surface area contributed by atoms with Gasteiger partial charge < -0.3 is 10.1 Å². The molecule has 0 aliphatic heterocycles. The number of aliphatic hydroxyl groups excluding tert-OH is 1. The van der Waals surface area contributed by atoms with E-state index < -0.39 is 0 Å². The molecule has 80 valence electrons. The van der Waals surface area contributed by atoms with E-state index in [9.17, 15) is 5.11 Å². The van der Waals surface area contributed by atoms with Crippen LogP contribution in [-0.2, 0) is 13.0 Å². The first-order valence-corrected chi connectivity index (χ1v) is 5.55. The maximum atomic E-state index is 9.17. The number of nitrogens with one attached hydrogen (secondary N) is 1. The molecular weight excluding hydrogens is 186 g/mol. The van der Waals surface area contributed by atoms with Crippen LogP contribution >= 0.6 is 0 Å². The molecule has 0 radical (unpaired) electrons. The van der Waals surface area contributed by atoms with Gasteiger partial charge in [0.05, 0.1) is 6.61 Å². The van der Waals surface area contributed by atoms with Gasteiger partial charge in [0.25, 0.3) is 0 Å². The molecule has 1 aromatic heterocycles. The first-order valence-electron chi connectivity index (χ1n) is 5.55. The molecule has 0 amide bonds. The first kappa shape index (κ1) is 10.2. The summed E-state index contributed by atoms with van der Waals surface area (Å²) < 4.78 is 0. The van der Waals surface area contributed by atoms with Gasteiger partial charge in [-0.25, -0.2) is 0 Å². The van der Waals surface area contributed by atoms with E-state index in [1.54, 1.807) is 0 Å². The molecule has 15 heavy (non-hydrogen) atoms. The van der Waals surface area contributed by atoms with Crippen LogP contribution in [-0.4, -0.2) is 10.1 Å². The summed E-state index contributed by atoms with van der Waals surface area (Å²) in [5.41, 5.74) is 3.46. The van der Waals surface area contributed by atoms with Crippen molar-refractivity contribution in [1.29, 1.82) is 0 Å². The number of H-pyrrole nitrogens is 1. The molecule has 0 aliphatic carbocycles. The van der Waals surface area contributed by atoms with Gasteiger partial charge in [0.1, 0.15) is 0 Å². The minimum Gasteiger partial charge on any atom is -0.392 e. The Kier molecular flexibility index (Phi) is 3.07. The lowest BCUT2D eigenvalue weighted by Gasteiger charge is -2.01. The summed E-state index contributed by atoms with van der Waals surface area (Å²) in [6, 6.07) is 6.45. The molecule has 0 aliphatic rings. The molecule has 2 heteroatoms. The predicted octanol–water partition coefficient (Wildman–Crippen LogP) is 3.00. The summed E-state index contributed by atoms with van der Waals surface area (Å²) in [6.07, 6.45) is 5.46. The van der Waals surface area contributed by atoms with Crippen molar-refractivity contribution in [3.63, 3.8) is 0 Å². The summed E-state index contributed by atoms with van der Waals surface area (Å²) in [7, 11) is 0. The van der Waals surface area contributed by atoms with E-state index in [-0.39, 0.29) is 6.61 Å². The van der Waals surface area contributed by atoms with E-state index in [1.807, 2.05) is 6.20 Å². The van der Waals surface area contributed by atoms with Crippen LogP contribution in [0.4, 0.5) is 0 Å². The number of aryl methyl sites for hydroxylation is 1. The van der Waals surface area contributed by atoms with Crippen molar-refractivity contribution in [2.24, 2.45) is 0 Å². The molecule has 0 unspecified atom stereocenters. The molecule has 1 heterocycles. The molecule has 0 saturated heterocycles. The normalized spacial score (nSPS) is 11.1. The molecule has 1 aromatic carbocycles. The van der Waals surface area contributed by atoms with Crippen molar-refractivity contribution >= 4 is 10.9 Å². The molecule has 2 aromatic rings. The average molecular weight is 203 g/mol. The fourth-order valence-corrected chi connectivity index (χ4v) is 1.89. The quantitative estimate of drug-likeness (QED) is 0.787. The number of aromatic amines is 1. The van der Waals surface area contributed by atoms with E-state index >= 15 is 0 Å². The number of benzene rings is 1. The number of unbranched alkanes of at least 4 members (excludes halogenated alkanes) is 1. The van der Waals surface area contributed by atoms with E-state index in [1.165, 1.54) is 18.4 Å². The molecule has 0 fully saturated rings. The van der Waals surface area contributed by atoms with E-state index in [4.69, 9.17) is 0 Å². The maximum Gasteiger partial charge on any atom is 0.0702 e. The molecule has 2 rings (SSSR count). The lowest BCUT2D eigenvalue weighted by Crippen LogP contribution is -1.85. The average Bonchev–Trinajstić information content (AvgIpc) is 2.68. The summed E-state index contributed by atoms with van der Waals surface area (Å²) in [4.78, 5) is 3.16. The summed E-state index contributed by atoms with van der Waals surface area (Å²) in [6.45, 7) is 2.31. The topological polar surface area (TPSA) is 36.0 Å². The number of fused-ring (bicyclic) bond motifs is 1. The van der Waals surface area contributed by atoms with Gasteiger partial charge in [0, 0.05) is 22.7 Å². The van der Waals surface area contributed by atoms with Crippen molar-refractivity contribution in [3.05, 3.63) is 35.5 Å². The Morgan fingerprint density at radius 2 is 2.20 bits per heavy atom. The molecule has 0 bridgehead atoms. The lowest BCUT2D eigenvalue weighted by atomic mass is 10.1. The van der Waals surface area contributed by atoms with Crippen LogP contribution < -0.4 is 0 Å². The molecule has 0 saturated carbocycles. The van der Waals surface area contributed by atoms with Gasteiger partial charge in [-0.2, -0.15) is 0 Å². The summed E-state index contributed by atoms with van der Waals surface area (Å²) >= 11 is 0. The zero-order valence-corrected chi connectivity index (χ0v) is 9.09.